The summed E-state index contributed by atoms with van der Waals surface area (Å²) in [5.41, 5.74) is 1.28. The van der Waals surface area contributed by atoms with Crippen molar-refractivity contribution in [1.82, 2.24) is 14.1 Å². The molecule has 3 rings (SSSR count). The van der Waals surface area contributed by atoms with Crippen LogP contribution in [0.4, 0.5) is 0 Å². The van der Waals surface area contributed by atoms with Crippen molar-refractivity contribution in [3.05, 3.63) is 23.3 Å². The molecule has 1 aromatic carbocycles. The van der Waals surface area contributed by atoms with Crippen molar-refractivity contribution in [3.63, 3.8) is 0 Å². The highest BCUT2D eigenvalue weighted by Crippen LogP contribution is 2.33. The summed E-state index contributed by atoms with van der Waals surface area (Å²) in [5, 5.41) is 0. The lowest BCUT2D eigenvalue weighted by Crippen LogP contribution is -2.37. The first-order valence-corrected chi connectivity index (χ1v) is 14.6. The molecule has 8 nitrogen and oxygen atoms in total. The summed E-state index contributed by atoms with van der Waals surface area (Å²) >= 11 is 0. The molecule has 1 amide bonds. The van der Waals surface area contributed by atoms with Crippen LogP contribution < -0.4 is 4.74 Å². The number of aryl methyl sites for hydroxylation is 2. The molecule has 0 bridgehead atoms. The van der Waals surface area contributed by atoms with E-state index in [4.69, 9.17) is 9.47 Å². The molecule has 0 unspecified atom stereocenters. The average Bonchev–Trinajstić information content (AvgIpc) is 3.67. The van der Waals surface area contributed by atoms with Crippen LogP contribution in [0, 0.1) is 25.7 Å². The summed E-state index contributed by atoms with van der Waals surface area (Å²) in [4.78, 5) is 17.2. The molecule has 36 heavy (non-hydrogen) atoms. The summed E-state index contributed by atoms with van der Waals surface area (Å²) in [7, 11) is 3.51. The third kappa shape index (κ3) is 7.66. The summed E-state index contributed by atoms with van der Waals surface area (Å²) in [6, 6.07) is 4.26. The topological polar surface area (TPSA) is 79.4 Å². The van der Waals surface area contributed by atoms with Crippen molar-refractivity contribution in [3.8, 4) is 5.75 Å². The van der Waals surface area contributed by atoms with Gasteiger partial charge in [-0.2, -0.15) is 4.31 Å². The van der Waals surface area contributed by atoms with Crippen molar-refractivity contribution in [2.45, 2.75) is 63.3 Å². The number of hydrogen-bond acceptors (Lipinski definition) is 6. The molecular formula is C27H45N3O5S. The Kier molecular flexibility index (Phi) is 10.2. The maximum absolute atomic E-state index is 13.1. The van der Waals surface area contributed by atoms with Crippen LogP contribution >= 0.6 is 0 Å². The Balaban J connectivity index is 1.37. The lowest BCUT2D eigenvalue weighted by Gasteiger charge is -2.33. The van der Waals surface area contributed by atoms with Gasteiger partial charge >= 0.3 is 0 Å². The number of sulfonamides is 1. The number of ether oxygens (including phenoxy) is 2. The number of amides is 1. The van der Waals surface area contributed by atoms with Crippen molar-refractivity contribution in [2.75, 3.05) is 61.1 Å². The molecule has 2 fully saturated rings. The van der Waals surface area contributed by atoms with E-state index in [1.165, 1.54) is 56.4 Å². The minimum atomic E-state index is -3.68. The Labute approximate surface area is 218 Å². The standard InChI is InChI=1S/C27H45N3O5S/c1-20-15-25(34-6)16-21(2)27(20)36(32,33)30(5)13-14-35-19-26(31)29(4)18-23-9-7-22(8-10-23)17-28(3)24-11-12-24/h15-16,22-24H,7-14,17-19H2,1-6H3. The molecule has 0 aromatic heterocycles. The summed E-state index contributed by atoms with van der Waals surface area (Å²) < 4.78 is 38.3. The van der Waals surface area contributed by atoms with Gasteiger partial charge in [0.05, 0.1) is 18.6 Å². The Morgan fingerprint density at radius 1 is 0.944 bits per heavy atom. The fourth-order valence-corrected chi connectivity index (χ4v) is 6.89. The molecule has 1 aromatic rings. The van der Waals surface area contributed by atoms with Gasteiger partial charge in [0.15, 0.2) is 0 Å². The highest BCUT2D eigenvalue weighted by molar-refractivity contribution is 7.89. The lowest BCUT2D eigenvalue weighted by molar-refractivity contribution is -0.135. The number of nitrogens with zero attached hydrogens (tertiary/aromatic N) is 3. The van der Waals surface area contributed by atoms with Gasteiger partial charge in [0.1, 0.15) is 12.4 Å². The molecule has 0 atom stereocenters. The van der Waals surface area contributed by atoms with E-state index in [1.807, 2.05) is 7.05 Å². The van der Waals surface area contributed by atoms with Crippen molar-refractivity contribution < 1.29 is 22.7 Å². The maximum atomic E-state index is 13.1. The van der Waals surface area contributed by atoms with Crippen LogP contribution in [0.1, 0.15) is 49.7 Å². The van der Waals surface area contributed by atoms with Gasteiger partial charge in [0, 0.05) is 39.8 Å². The normalized spacial score (nSPS) is 20.7. The Morgan fingerprint density at radius 2 is 1.50 bits per heavy atom. The zero-order valence-electron chi connectivity index (χ0n) is 23.0. The van der Waals surface area contributed by atoms with E-state index in [9.17, 15) is 13.2 Å². The monoisotopic (exact) mass is 523 g/mol. The first-order valence-electron chi connectivity index (χ1n) is 13.2. The molecule has 0 radical (unpaired) electrons. The van der Waals surface area contributed by atoms with Crippen LogP contribution in [0.2, 0.25) is 0 Å². The maximum Gasteiger partial charge on any atom is 0.248 e. The third-order valence-electron chi connectivity index (χ3n) is 7.75. The lowest BCUT2D eigenvalue weighted by atomic mass is 9.81. The number of benzene rings is 1. The van der Waals surface area contributed by atoms with Crippen LogP contribution in [0.3, 0.4) is 0 Å². The van der Waals surface area contributed by atoms with Crippen LogP contribution in [-0.4, -0.2) is 95.6 Å². The van der Waals surface area contributed by atoms with Gasteiger partial charge in [-0.15, -0.1) is 0 Å². The van der Waals surface area contributed by atoms with E-state index in [1.54, 1.807) is 38.0 Å². The highest BCUT2D eigenvalue weighted by Gasteiger charge is 2.30. The number of methoxy groups -OCH3 is 1. The Bertz CT molecular complexity index is 964. The average molecular weight is 524 g/mol. The fourth-order valence-electron chi connectivity index (χ4n) is 5.33. The van der Waals surface area contributed by atoms with Crippen LogP contribution in [0.25, 0.3) is 0 Å². The van der Waals surface area contributed by atoms with E-state index < -0.39 is 10.0 Å². The molecule has 0 spiro atoms. The number of carbonyl (C=O) groups excluding carboxylic acids is 1. The largest absolute Gasteiger partial charge is 0.497 e. The van der Waals surface area contributed by atoms with E-state index in [-0.39, 0.29) is 30.6 Å². The van der Waals surface area contributed by atoms with E-state index >= 15 is 0 Å². The van der Waals surface area contributed by atoms with E-state index in [0.29, 0.717) is 22.8 Å². The SMILES string of the molecule is COc1cc(C)c(S(=O)(=O)N(C)CCOCC(=O)N(C)CC2CCC(CN(C)C3CC3)CC2)c(C)c1. The van der Waals surface area contributed by atoms with Gasteiger partial charge in [0.2, 0.25) is 15.9 Å². The smallest absolute Gasteiger partial charge is 0.248 e. The number of rotatable bonds is 13. The molecule has 0 N–H and O–H groups in total. The second kappa shape index (κ2) is 12.7. The summed E-state index contributed by atoms with van der Waals surface area (Å²) in [5.74, 6) is 1.91. The van der Waals surface area contributed by atoms with Crippen LogP contribution in [0.15, 0.2) is 17.0 Å². The number of carbonyl (C=O) groups is 1. The Morgan fingerprint density at radius 3 is 2.03 bits per heavy atom. The van der Waals surface area contributed by atoms with Gasteiger partial charge in [-0.1, -0.05) is 0 Å². The van der Waals surface area contributed by atoms with Gasteiger partial charge < -0.3 is 19.3 Å². The van der Waals surface area contributed by atoms with Gasteiger partial charge in [0.25, 0.3) is 0 Å². The summed E-state index contributed by atoms with van der Waals surface area (Å²) in [6.45, 7) is 5.79. The summed E-state index contributed by atoms with van der Waals surface area (Å²) in [6.07, 6.45) is 7.55. The molecule has 204 valence electrons. The van der Waals surface area contributed by atoms with Crippen LogP contribution in [0.5, 0.6) is 5.75 Å². The van der Waals surface area contributed by atoms with Gasteiger partial charge in [-0.05, 0) is 94.5 Å². The molecule has 2 aliphatic rings. The zero-order valence-corrected chi connectivity index (χ0v) is 23.8. The molecule has 9 heteroatoms. The first kappa shape index (κ1) is 28.9. The molecule has 0 aliphatic heterocycles. The minimum absolute atomic E-state index is 0.0352. The third-order valence-corrected chi connectivity index (χ3v) is 9.92. The molecule has 0 heterocycles. The second-order valence-corrected chi connectivity index (χ2v) is 12.8. The number of likely N-dealkylation sites (N-methyl/N-ethyl adjacent to an activating group) is 2. The van der Waals surface area contributed by atoms with Crippen LogP contribution in [-0.2, 0) is 19.6 Å². The number of hydrogen-bond donors (Lipinski definition) is 0. The van der Waals surface area contributed by atoms with Crippen molar-refractivity contribution in [2.24, 2.45) is 11.8 Å². The molecular weight excluding hydrogens is 478 g/mol. The fraction of sp³-hybridized carbons (Fsp3) is 0.741. The highest BCUT2D eigenvalue weighted by atomic mass is 32.2. The first-order chi connectivity index (χ1) is 17.0. The van der Waals surface area contributed by atoms with E-state index in [0.717, 1.165) is 18.5 Å². The minimum Gasteiger partial charge on any atom is -0.497 e. The van der Waals surface area contributed by atoms with Crippen molar-refractivity contribution in [1.29, 1.82) is 0 Å². The zero-order chi connectivity index (χ0) is 26.5. The quantitative estimate of drug-likeness (QED) is 0.369. The van der Waals surface area contributed by atoms with E-state index in [2.05, 4.69) is 11.9 Å². The molecule has 0 saturated heterocycles. The van der Waals surface area contributed by atoms with Gasteiger partial charge in [-0.25, -0.2) is 8.42 Å². The molecule has 2 aliphatic carbocycles. The van der Waals surface area contributed by atoms with Gasteiger partial charge in [-0.3, -0.25) is 4.79 Å². The Hall–Kier alpha value is -1.68. The second-order valence-electron chi connectivity index (χ2n) is 10.8. The predicted molar refractivity (Wildman–Crippen MR) is 142 cm³/mol. The molecule has 2 saturated carbocycles. The van der Waals surface area contributed by atoms with Crippen molar-refractivity contribution >= 4 is 15.9 Å². The predicted octanol–water partition coefficient (Wildman–Crippen LogP) is 3.31.